The van der Waals surface area contributed by atoms with E-state index in [9.17, 15) is 20.4 Å². The Morgan fingerprint density at radius 3 is 2.18 bits per heavy atom. The Balaban J connectivity index is 1.31. The molecule has 2 heterocycles. The zero-order valence-corrected chi connectivity index (χ0v) is 23.8. The summed E-state index contributed by atoms with van der Waals surface area (Å²) in [5.74, 6) is 0.0826. The van der Waals surface area contributed by atoms with Gasteiger partial charge in [-0.2, -0.15) is 0 Å². The number of aromatic hydroxyl groups is 1. The lowest BCUT2D eigenvalue weighted by Crippen LogP contribution is -2.31. The van der Waals surface area contributed by atoms with Crippen LogP contribution in [0, 0.1) is 0 Å². The van der Waals surface area contributed by atoms with Crippen LogP contribution < -0.4 is 27.0 Å². The molecule has 10 N–H and O–H groups in total. The molecule has 0 radical (unpaired) electrons. The lowest BCUT2D eigenvalue weighted by atomic mass is 10.1. The maximum absolute atomic E-state index is 10.8. The summed E-state index contributed by atoms with van der Waals surface area (Å²) in [6.45, 7) is 0.620. The number of nitrogens with two attached hydrogens (primary N) is 1. The SMILES string of the molecule is NC(NC(O)c1ccc(C(O)NCc2ccc(C(O)NCCO)cc2)s1)c1csc(-c2ccc(P)cc2)c1O. The maximum Gasteiger partial charge on any atom is 0.141 e. The van der Waals surface area contributed by atoms with Crippen LogP contribution in [0.2, 0.25) is 0 Å². The van der Waals surface area contributed by atoms with Crippen LogP contribution in [0.25, 0.3) is 10.4 Å². The lowest BCUT2D eigenvalue weighted by molar-refractivity contribution is 0.127. The number of aliphatic hydroxyl groups is 4. The van der Waals surface area contributed by atoms with E-state index in [1.165, 1.54) is 22.7 Å². The third-order valence-electron chi connectivity index (χ3n) is 6.07. The topological polar surface area (TPSA) is 163 Å². The van der Waals surface area contributed by atoms with Gasteiger partial charge in [0.05, 0.1) is 17.6 Å². The van der Waals surface area contributed by atoms with Gasteiger partial charge >= 0.3 is 0 Å². The Morgan fingerprint density at radius 1 is 0.846 bits per heavy atom. The van der Waals surface area contributed by atoms with E-state index in [-0.39, 0.29) is 12.4 Å². The number of rotatable bonds is 13. The van der Waals surface area contributed by atoms with E-state index in [1.54, 1.807) is 29.6 Å². The Bertz CT molecular complexity index is 1330. The summed E-state index contributed by atoms with van der Waals surface area (Å²) in [5.41, 5.74) is 9.23. The zero-order valence-electron chi connectivity index (χ0n) is 21.0. The van der Waals surface area contributed by atoms with Crippen molar-refractivity contribution >= 4 is 37.2 Å². The molecule has 5 atom stereocenters. The van der Waals surface area contributed by atoms with Crippen molar-refractivity contribution < 1.29 is 25.5 Å². The van der Waals surface area contributed by atoms with Gasteiger partial charge in [0.2, 0.25) is 0 Å². The number of thiophene rings is 2. The van der Waals surface area contributed by atoms with E-state index in [0.717, 1.165) is 16.4 Å². The highest BCUT2D eigenvalue weighted by atomic mass is 32.1. The molecule has 5 unspecified atom stereocenters. The molecule has 39 heavy (non-hydrogen) atoms. The minimum Gasteiger partial charge on any atom is -0.506 e. The number of benzene rings is 2. The average molecular weight is 589 g/mol. The summed E-state index contributed by atoms with van der Waals surface area (Å²) in [5, 5.41) is 62.5. The molecular formula is C27H33N4O5PS2. The first-order valence-electron chi connectivity index (χ1n) is 12.2. The second-order valence-corrected chi connectivity index (χ2v) is 11.6. The molecule has 12 heteroatoms. The first-order valence-corrected chi connectivity index (χ1v) is 14.5. The van der Waals surface area contributed by atoms with E-state index in [0.29, 0.717) is 38.8 Å². The number of nitrogens with one attached hydrogen (secondary N) is 3. The Labute approximate surface area is 237 Å². The molecule has 208 valence electrons. The molecule has 4 rings (SSSR count). The highest BCUT2D eigenvalue weighted by Gasteiger charge is 2.22. The smallest absolute Gasteiger partial charge is 0.141 e. The van der Waals surface area contributed by atoms with Crippen LogP contribution in [-0.2, 0) is 6.54 Å². The molecule has 0 saturated carbocycles. The fourth-order valence-corrected chi connectivity index (χ4v) is 6.00. The van der Waals surface area contributed by atoms with Gasteiger partial charge in [0.25, 0.3) is 0 Å². The second kappa shape index (κ2) is 13.9. The molecule has 0 spiro atoms. The van der Waals surface area contributed by atoms with Crippen LogP contribution in [-0.4, -0.2) is 38.7 Å². The Morgan fingerprint density at radius 2 is 1.51 bits per heavy atom. The predicted molar refractivity (Wildman–Crippen MR) is 158 cm³/mol. The molecule has 0 aliphatic carbocycles. The highest BCUT2D eigenvalue weighted by molar-refractivity contribution is 7.27. The van der Waals surface area contributed by atoms with E-state index < -0.39 is 24.8 Å². The first kappa shape index (κ1) is 29.7. The summed E-state index contributed by atoms with van der Waals surface area (Å²) < 4.78 is 0. The Kier molecular flexibility index (Phi) is 10.6. The largest absolute Gasteiger partial charge is 0.506 e. The number of hydrogen-bond donors (Lipinski definition) is 9. The van der Waals surface area contributed by atoms with Crippen molar-refractivity contribution in [2.24, 2.45) is 5.73 Å². The summed E-state index contributed by atoms with van der Waals surface area (Å²) in [7, 11) is 2.63. The van der Waals surface area contributed by atoms with Crippen LogP contribution in [0.5, 0.6) is 5.75 Å². The van der Waals surface area contributed by atoms with Crippen LogP contribution in [0.3, 0.4) is 0 Å². The van der Waals surface area contributed by atoms with E-state index in [4.69, 9.17) is 10.8 Å². The van der Waals surface area contributed by atoms with Gasteiger partial charge in [-0.3, -0.25) is 16.0 Å². The van der Waals surface area contributed by atoms with E-state index in [1.807, 2.05) is 36.4 Å². The van der Waals surface area contributed by atoms with Crippen LogP contribution in [0.15, 0.2) is 66.0 Å². The third-order valence-corrected chi connectivity index (χ3v) is 8.68. The van der Waals surface area contributed by atoms with Crippen molar-refractivity contribution in [2.45, 2.75) is 31.4 Å². The van der Waals surface area contributed by atoms with E-state index in [2.05, 4.69) is 25.2 Å². The normalized spacial score (nSPS) is 14.7. The van der Waals surface area contributed by atoms with Gasteiger partial charge in [-0.25, -0.2) is 0 Å². The van der Waals surface area contributed by atoms with Gasteiger partial charge < -0.3 is 31.3 Å². The van der Waals surface area contributed by atoms with Crippen molar-refractivity contribution in [1.29, 1.82) is 0 Å². The van der Waals surface area contributed by atoms with Crippen LogP contribution >= 0.6 is 31.9 Å². The van der Waals surface area contributed by atoms with Gasteiger partial charge in [-0.15, -0.1) is 31.9 Å². The highest BCUT2D eigenvalue weighted by Crippen LogP contribution is 2.40. The molecule has 0 fully saturated rings. The standard InChI is InChI=1S/C27H33N4O5PS2/c28-24(19-14-38-23(22(19)33)16-5-7-18(37)8-6-16)31-27(36)21-10-9-20(39-21)26(35)30-13-15-1-3-17(4-2-15)25(34)29-11-12-32/h1-10,14,24-27,29-36H,11-13,28,37H2. The molecule has 0 bridgehead atoms. The molecule has 2 aromatic carbocycles. The van der Waals surface area contributed by atoms with Gasteiger partial charge in [0, 0.05) is 33.8 Å². The molecule has 0 aliphatic heterocycles. The summed E-state index contributed by atoms with van der Waals surface area (Å²) in [4.78, 5) is 1.90. The molecule has 9 nitrogen and oxygen atoms in total. The summed E-state index contributed by atoms with van der Waals surface area (Å²) in [6.07, 6.45) is -3.71. The third kappa shape index (κ3) is 7.69. The van der Waals surface area contributed by atoms with Crippen LogP contribution in [0.1, 0.15) is 51.3 Å². The van der Waals surface area contributed by atoms with Crippen LogP contribution in [0.4, 0.5) is 0 Å². The van der Waals surface area contributed by atoms with E-state index >= 15 is 0 Å². The lowest BCUT2D eigenvalue weighted by Gasteiger charge is -2.18. The van der Waals surface area contributed by atoms with Gasteiger partial charge in [0.1, 0.15) is 24.4 Å². The predicted octanol–water partition coefficient (Wildman–Crippen LogP) is 2.27. The molecule has 0 aliphatic rings. The molecular weight excluding hydrogens is 555 g/mol. The average Bonchev–Trinajstić information content (AvgIpc) is 3.59. The van der Waals surface area contributed by atoms with Crippen molar-refractivity contribution in [3.8, 4) is 16.2 Å². The maximum atomic E-state index is 10.8. The number of hydrogen-bond acceptors (Lipinski definition) is 11. The number of aliphatic hydroxyl groups excluding tert-OH is 4. The fourth-order valence-electron chi connectivity index (χ4n) is 3.88. The fraction of sp³-hybridized carbons (Fsp3) is 0.259. The minimum absolute atomic E-state index is 0.0612. The second-order valence-electron chi connectivity index (χ2n) is 8.88. The van der Waals surface area contributed by atoms with Crippen molar-refractivity contribution in [3.05, 3.63) is 92.5 Å². The van der Waals surface area contributed by atoms with Gasteiger partial charge in [0.15, 0.2) is 0 Å². The molecule has 0 saturated heterocycles. The van der Waals surface area contributed by atoms with Gasteiger partial charge in [-0.1, -0.05) is 48.5 Å². The van der Waals surface area contributed by atoms with Crippen molar-refractivity contribution in [3.63, 3.8) is 0 Å². The molecule has 0 amide bonds. The Hall–Kier alpha value is -2.25. The van der Waals surface area contributed by atoms with Crippen molar-refractivity contribution in [2.75, 3.05) is 13.2 Å². The summed E-state index contributed by atoms with van der Waals surface area (Å²) in [6, 6.07) is 18.4. The quantitative estimate of drug-likeness (QED) is 0.0842. The molecule has 2 aromatic heterocycles. The minimum atomic E-state index is -1.09. The monoisotopic (exact) mass is 588 g/mol. The molecule has 4 aromatic rings. The van der Waals surface area contributed by atoms with Crippen molar-refractivity contribution in [1.82, 2.24) is 16.0 Å². The summed E-state index contributed by atoms with van der Waals surface area (Å²) >= 11 is 2.62. The zero-order chi connectivity index (χ0) is 27.9. The first-order chi connectivity index (χ1) is 18.8. The van der Waals surface area contributed by atoms with Gasteiger partial charge in [-0.05, 0) is 34.1 Å².